The molecule has 1 aliphatic carbocycles. The van der Waals surface area contributed by atoms with Gasteiger partial charge in [-0.2, -0.15) is 4.98 Å². The minimum absolute atomic E-state index is 0.158. The van der Waals surface area contributed by atoms with E-state index in [0.29, 0.717) is 24.0 Å². The van der Waals surface area contributed by atoms with Crippen molar-refractivity contribution in [1.82, 2.24) is 15.2 Å². The average molecular weight is 396 g/mol. The molecular formula is C22H28N4O3. The van der Waals surface area contributed by atoms with E-state index in [0.717, 1.165) is 32.4 Å². The number of carbonyl (C=O) groups is 1. The Balaban J connectivity index is 1.28. The molecule has 2 heterocycles. The van der Waals surface area contributed by atoms with Gasteiger partial charge in [-0.25, -0.2) is 0 Å². The number of fused-ring (bicyclic) bond motifs is 1. The van der Waals surface area contributed by atoms with Crippen molar-refractivity contribution in [2.24, 2.45) is 0 Å². The Morgan fingerprint density at radius 3 is 2.79 bits per heavy atom. The third kappa shape index (κ3) is 5.05. The highest BCUT2D eigenvalue weighted by Crippen LogP contribution is 2.24. The zero-order valence-corrected chi connectivity index (χ0v) is 16.5. The van der Waals surface area contributed by atoms with Crippen LogP contribution in [0.1, 0.15) is 40.7 Å². The van der Waals surface area contributed by atoms with Gasteiger partial charge in [-0.05, 0) is 42.9 Å². The van der Waals surface area contributed by atoms with E-state index in [9.17, 15) is 15.0 Å². The molecule has 1 aromatic heterocycles. The van der Waals surface area contributed by atoms with Crippen LogP contribution in [0, 0.1) is 0 Å². The molecule has 4 N–H and O–H groups in total. The van der Waals surface area contributed by atoms with Crippen LogP contribution in [0.5, 0.6) is 5.88 Å². The molecule has 1 aromatic carbocycles. The van der Waals surface area contributed by atoms with Gasteiger partial charge in [0.2, 0.25) is 5.88 Å². The summed E-state index contributed by atoms with van der Waals surface area (Å²) in [5, 5.41) is 26.2. The molecule has 1 unspecified atom stereocenters. The predicted molar refractivity (Wildman–Crippen MR) is 111 cm³/mol. The van der Waals surface area contributed by atoms with E-state index in [1.54, 1.807) is 6.07 Å². The van der Waals surface area contributed by atoms with Gasteiger partial charge in [0.25, 0.3) is 5.91 Å². The molecular weight excluding hydrogens is 368 g/mol. The fraction of sp³-hybridized carbons (Fsp3) is 0.455. The molecule has 1 amide bonds. The zero-order valence-electron chi connectivity index (χ0n) is 16.5. The molecule has 1 aliphatic heterocycles. The number of β-amino-alcohol motifs (C(OH)–C–C–N with tert-alkyl or cyclic N) is 1. The fourth-order valence-corrected chi connectivity index (χ4v) is 3.87. The van der Waals surface area contributed by atoms with E-state index in [-0.39, 0.29) is 18.3 Å². The second-order valence-electron chi connectivity index (χ2n) is 7.99. The summed E-state index contributed by atoms with van der Waals surface area (Å²) in [5.74, 6) is -0.0122. The summed E-state index contributed by atoms with van der Waals surface area (Å²) in [6.07, 6.45) is 3.65. The molecule has 1 atom stereocenters. The van der Waals surface area contributed by atoms with Gasteiger partial charge in [0.15, 0.2) is 0 Å². The topological polar surface area (TPSA) is 97.7 Å². The summed E-state index contributed by atoms with van der Waals surface area (Å²) in [6.45, 7) is 2.38. The lowest BCUT2D eigenvalue weighted by molar-refractivity contribution is 0.0841. The number of benzene rings is 1. The van der Waals surface area contributed by atoms with Crippen molar-refractivity contribution in [1.29, 1.82) is 0 Å². The highest BCUT2D eigenvalue weighted by Gasteiger charge is 2.20. The number of hydrogen-bond donors (Lipinski definition) is 4. The molecule has 1 saturated carbocycles. The Hall–Kier alpha value is -2.64. The molecule has 0 bridgehead atoms. The molecule has 154 valence electrons. The predicted octanol–water partition coefficient (Wildman–Crippen LogP) is 1.90. The van der Waals surface area contributed by atoms with Crippen LogP contribution in [-0.4, -0.2) is 57.8 Å². The molecule has 0 radical (unpaired) electrons. The normalized spacial score (nSPS) is 17.8. The van der Waals surface area contributed by atoms with E-state index in [4.69, 9.17) is 0 Å². The van der Waals surface area contributed by atoms with Crippen molar-refractivity contribution in [2.75, 3.05) is 25.0 Å². The van der Waals surface area contributed by atoms with Crippen molar-refractivity contribution in [2.45, 2.75) is 44.4 Å². The van der Waals surface area contributed by atoms with Gasteiger partial charge in [0, 0.05) is 43.9 Å². The SMILES string of the molecule is O=C(NCC(O)CN1CCc2ccccc2C1)c1cc(O)nc(NC2CCC2)c1. The number of aliphatic hydroxyl groups is 1. The maximum atomic E-state index is 12.5. The van der Waals surface area contributed by atoms with Crippen molar-refractivity contribution >= 4 is 11.7 Å². The first-order valence-corrected chi connectivity index (χ1v) is 10.3. The van der Waals surface area contributed by atoms with Gasteiger partial charge in [0.1, 0.15) is 5.82 Å². The number of anilines is 1. The lowest BCUT2D eigenvalue weighted by Crippen LogP contribution is -2.42. The summed E-state index contributed by atoms with van der Waals surface area (Å²) >= 11 is 0. The summed E-state index contributed by atoms with van der Waals surface area (Å²) in [7, 11) is 0. The second-order valence-corrected chi connectivity index (χ2v) is 7.99. The van der Waals surface area contributed by atoms with Crippen LogP contribution in [0.25, 0.3) is 0 Å². The number of aromatic hydroxyl groups is 1. The van der Waals surface area contributed by atoms with Crippen LogP contribution in [0.4, 0.5) is 5.82 Å². The first-order valence-electron chi connectivity index (χ1n) is 10.3. The lowest BCUT2D eigenvalue weighted by Gasteiger charge is -2.30. The Morgan fingerprint density at radius 1 is 1.24 bits per heavy atom. The number of hydrogen-bond acceptors (Lipinski definition) is 6. The smallest absolute Gasteiger partial charge is 0.251 e. The van der Waals surface area contributed by atoms with Gasteiger partial charge < -0.3 is 20.8 Å². The quantitative estimate of drug-likeness (QED) is 0.571. The first-order chi connectivity index (χ1) is 14.1. The van der Waals surface area contributed by atoms with Crippen LogP contribution in [0.3, 0.4) is 0 Å². The molecule has 7 nitrogen and oxygen atoms in total. The Bertz CT molecular complexity index is 869. The minimum Gasteiger partial charge on any atom is -0.493 e. The van der Waals surface area contributed by atoms with Gasteiger partial charge in [-0.15, -0.1) is 0 Å². The Kier molecular flexibility index (Phi) is 5.97. The molecule has 29 heavy (non-hydrogen) atoms. The summed E-state index contributed by atoms with van der Waals surface area (Å²) in [4.78, 5) is 18.7. The van der Waals surface area contributed by atoms with Crippen molar-refractivity contribution in [3.05, 3.63) is 53.1 Å². The van der Waals surface area contributed by atoms with Gasteiger partial charge >= 0.3 is 0 Å². The maximum Gasteiger partial charge on any atom is 0.251 e. The third-order valence-electron chi connectivity index (χ3n) is 5.71. The first kappa shape index (κ1) is 19.7. The zero-order chi connectivity index (χ0) is 20.2. The minimum atomic E-state index is -0.660. The van der Waals surface area contributed by atoms with Gasteiger partial charge in [-0.3, -0.25) is 9.69 Å². The number of aliphatic hydroxyl groups excluding tert-OH is 1. The van der Waals surface area contributed by atoms with Crippen LogP contribution >= 0.6 is 0 Å². The molecule has 1 fully saturated rings. The Morgan fingerprint density at radius 2 is 2.03 bits per heavy atom. The van der Waals surface area contributed by atoms with Crippen molar-refractivity contribution < 1.29 is 15.0 Å². The van der Waals surface area contributed by atoms with Gasteiger partial charge in [0.05, 0.1) is 6.10 Å². The summed E-state index contributed by atoms with van der Waals surface area (Å²) in [6, 6.07) is 11.7. The highest BCUT2D eigenvalue weighted by molar-refractivity contribution is 5.95. The Labute approximate surface area is 170 Å². The number of aromatic nitrogens is 1. The fourth-order valence-electron chi connectivity index (χ4n) is 3.87. The van der Waals surface area contributed by atoms with Crippen LogP contribution in [0.15, 0.2) is 36.4 Å². The second kappa shape index (κ2) is 8.80. The number of rotatable bonds is 7. The van der Waals surface area contributed by atoms with Crippen LogP contribution < -0.4 is 10.6 Å². The van der Waals surface area contributed by atoms with E-state index in [2.05, 4.69) is 38.7 Å². The monoisotopic (exact) mass is 396 g/mol. The number of nitrogens with zero attached hydrogens (tertiary/aromatic N) is 2. The molecule has 0 saturated heterocycles. The highest BCUT2D eigenvalue weighted by atomic mass is 16.3. The molecule has 2 aromatic rings. The van der Waals surface area contributed by atoms with Gasteiger partial charge in [-0.1, -0.05) is 24.3 Å². The lowest BCUT2D eigenvalue weighted by atomic mass is 9.93. The largest absolute Gasteiger partial charge is 0.493 e. The third-order valence-corrected chi connectivity index (χ3v) is 5.71. The van der Waals surface area contributed by atoms with E-state index < -0.39 is 6.10 Å². The molecule has 2 aliphatic rings. The molecule has 4 rings (SSSR count). The average Bonchev–Trinajstić information content (AvgIpc) is 2.68. The summed E-state index contributed by atoms with van der Waals surface area (Å²) < 4.78 is 0. The number of nitrogens with one attached hydrogen (secondary N) is 2. The standard InChI is InChI=1S/C22H28N4O3/c27-19(14-26-9-8-15-4-1-2-5-16(15)13-26)12-23-22(29)17-10-20(25-21(28)11-17)24-18-6-3-7-18/h1-2,4-5,10-11,18-19,27H,3,6-9,12-14H2,(H,23,29)(H2,24,25,28). The van der Waals surface area contributed by atoms with Crippen LogP contribution in [-0.2, 0) is 13.0 Å². The number of carbonyl (C=O) groups excluding carboxylic acids is 1. The number of pyridine rings is 1. The van der Waals surface area contributed by atoms with Crippen LogP contribution in [0.2, 0.25) is 0 Å². The van der Waals surface area contributed by atoms with E-state index in [1.165, 1.54) is 23.6 Å². The van der Waals surface area contributed by atoms with E-state index in [1.807, 2.05) is 6.07 Å². The summed E-state index contributed by atoms with van der Waals surface area (Å²) in [5.41, 5.74) is 3.00. The van der Waals surface area contributed by atoms with E-state index >= 15 is 0 Å². The number of amides is 1. The molecule has 0 spiro atoms. The van der Waals surface area contributed by atoms with Crippen molar-refractivity contribution in [3.8, 4) is 5.88 Å². The maximum absolute atomic E-state index is 12.5. The van der Waals surface area contributed by atoms with Crippen molar-refractivity contribution in [3.63, 3.8) is 0 Å². The molecule has 7 heteroatoms.